The third-order valence-electron chi connectivity index (χ3n) is 2.46. The number of benzene rings is 1. The van der Waals surface area contributed by atoms with Gasteiger partial charge in [-0.25, -0.2) is 9.48 Å². The molecule has 0 saturated carbocycles. The average molecular weight is 232 g/mol. The number of aryl methyl sites for hydroxylation is 2. The molecular formula is C12H12N2O3. The Bertz CT molecular complexity index is 587. The number of carbonyl (C=O) groups is 1. The predicted molar refractivity (Wildman–Crippen MR) is 61.7 cm³/mol. The van der Waals surface area contributed by atoms with E-state index in [-0.39, 0.29) is 11.3 Å². The highest BCUT2D eigenvalue weighted by Gasteiger charge is 2.11. The first kappa shape index (κ1) is 11.2. The summed E-state index contributed by atoms with van der Waals surface area (Å²) in [5.74, 6) is -1.17. The number of hydrogen-bond donors (Lipinski definition) is 2. The minimum atomic E-state index is -1.07. The lowest BCUT2D eigenvalue weighted by atomic mass is 10.2. The first-order valence-corrected chi connectivity index (χ1v) is 5.09. The van der Waals surface area contributed by atoms with Gasteiger partial charge in [0, 0.05) is 5.69 Å². The van der Waals surface area contributed by atoms with Crippen molar-refractivity contribution in [2.75, 3.05) is 0 Å². The minimum absolute atomic E-state index is 0.0489. The van der Waals surface area contributed by atoms with Gasteiger partial charge in [-0.1, -0.05) is 0 Å². The molecule has 0 bridgehead atoms. The van der Waals surface area contributed by atoms with E-state index in [1.54, 1.807) is 4.68 Å². The highest BCUT2D eigenvalue weighted by molar-refractivity contribution is 5.88. The second-order valence-electron chi connectivity index (χ2n) is 3.85. The van der Waals surface area contributed by atoms with Crippen molar-refractivity contribution in [3.05, 3.63) is 41.2 Å². The zero-order valence-corrected chi connectivity index (χ0v) is 9.51. The molecule has 0 aliphatic carbocycles. The van der Waals surface area contributed by atoms with Crippen molar-refractivity contribution in [1.82, 2.24) is 9.78 Å². The molecule has 5 heteroatoms. The maximum absolute atomic E-state index is 10.7. The van der Waals surface area contributed by atoms with Crippen LogP contribution in [0, 0.1) is 13.8 Å². The Morgan fingerprint density at radius 2 is 2.00 bits per heavy atom. The summed E-state index contributed by atoms with van der Waals surface area (Å²) in [6.07, 6.45) is 0. The summed E-state index contributed by atoms with van der Waals surface area (Å²) in [5.41, 5.74) is 2.23. The van der Waals surface area contributed by atoms with Gasteiger partial charge in [-0.15, -0.1) is 0 Å². The molecule has 2 N–H and O–H groups in total. The zero-order valence-electron chi connectivity index (χ0n) is 9.51. The molecule has 0 unspecified atom stereocenters. The number of aromatic hydroxyl groups is 1. The van der Waals surface area contributed by atoms with Crippen LogP contribution in [0.1, 0.15) is 21.7 Å². The normalized spacial score (nSPS) is 10.5. The third-order valence-corrected chi connectivity index (χ3v) is 2.46. The molecule has 17 heavy (non-hydrogen) atoms. The number of carboxylic acids is 1. The van der Waals surface area contributed by atoms with Gasteiger partial charge in [0.05, 0.1) is 11.3 Å². The molecule has 0 aliphatic rings. The smallest absolute Gasteiger partial charge is 0.335 e. The highest BCUT2D eigenvalue weighted by atomic mass is 16.4. The number of aromatic carboxylic acids is 1. The Hall–Kier alpha value is -2.30. The quantitative estimate of drug-likeness (QED) is 0.829. The third kappa shape index (κ3) is 1.99. The summed E-state index contributed by atoms with van der Waals surface area (Å²) < 4.78 is 1.58. The Kier molecular flexibility index (Phi) is 2.59. The number of hydrogen-bond acceptors (Lipinski definition) is 3. The van der Waals surface area contributed by atoms with Gasteiger partial charge < -0.3 is 10.2 Å². The first-order chi connectivity index (χ1) is 7.99. The Morgan fingerprint density at radius 1 is 1.29 bits per heavy atom. The van der Waals surface area contributed by atoms with E-state index in [1.807, 2.05) is 19.9 Å². The number of nitrogens with zero attached hydrogens (tertiary/aromatic N) is 2. The van der Waals surface area contributed by atoms with Crippen LogP contribution in [-0.4, -0.2) is 26.0 Å². The largest absolute Gasteiger partial charge is 0.506 e. The van der Waals surface area contributed by atoms with E-state index < -0.39 is 5.97 Å². The zero-order chi connectivity index (χ0) is 12.6. The maximum Gasteiger partial charge on any atom is 0.335 e. The molecule has 0 spiro atoms. The van der Waals surface area contributed by atoms with Crippen LogP contribution in [-0.2, 0) is 0 Å². The summed E-state index contributed by atoms with van der Waals surface area (Å²) >= 11 is 0. The monoisotopic (exact) mass is 232 g/mol. The van der Waals surface area contributed by atoms with Crippen LogP contribution in [0.2, 0.25) is 0 Å². The lowest BCUT2D eigenvalue weighted by Crippen LogP contribution is -2.02. The van der Waals surface area contributed by atoms with E-state index in [2.05, 4.69) is 5.10 Å². The summed E-state index contributed by atoms with van der Waals surface area (Å²) in [7, 11) is 0. The average Bonchev–Trinajstić information content (AvgIpc) is 2.57. The van der Waals surface area contributed by atoms with Crippen molar-refractivity contribution in [3.63, 3.8) is 0 Å². The summed E-state index contributed by atoms with van der Waals surface area (Å²) in [6.45, 7) is 3.72. The van der Waals surface area contributed by atoms with E-state index >= 15 is 0 Å². The van der Waals surface area contributed by atoms with Crippen molar-refractivity contribution in [2.45, 2.75) is 13.8 Å². The SMILES string of the molecule is Cc1cc(C)n(-c2ccc(C(=O)O)cc2O)n1. The van der Waals surface area contributed by atoms with Gasteiger partial charge in [-0.2, -0.15) is 5.10 Å². The van der Waals surface area contributed by atoms with Crippen molar-refractivity contribution >= 4 is 5.97 Å². The van der Waals surface area contributed by atoms with E-state index in [1.165, 1.54) is 18.2 Å². The van der Waals surface area contributed by atoms with Crippen LogP contribution in [0.5, 0.6) is 5.75 Å². The Labute approximate surface area is 97.9 Å². The molecule has 5 nitrogen and oxygen atoms in total. The second kappa shape index (κ2) is 3.93. The molecule has 1 heterocycles. The molecular weight excluding hydrogens is 220 g/mol. The number of phenolic OH excluding ortho intramolecular Hbond substituents is 1. The van der Waals surface area contributed by atoms with E-state index in [0.29, 0.717) is 5.69 Å². The van der Waals surface area contributed by atoms with E-state index in [0.717, 1.165) is 11.4 Å². The van der Waals surface area contributed by atoms with Gasteiger partial charge in [0.25, 0.3) is 0 Å². The molecule has 2 rings (SSSR count). The van der Waals surface area contributed by atoms with Crippen LogP contribution in [0.25, 0.3) is 5.69 Å². The Balaban J connectivity index is 2.54. The number of aromatic nitrogens is 2. The summed E-state index contributed by atoms with van der Waals surface area (Å²) in [6, 6.07) is 6.07. The molecule has 0 atom stereocenters. The van der Waals surface area contributed by atoms with Crippen molar-refractivity contribution in [1.29, 1.82) is 0 Å². The molecule has 0 fully saturated rings. The van der Waals surface area contributed by atoms with Gasteiger partial charge >= 0.3 is 5.97 Å². The fourth-order valence-electron chi connectivity index (χ4n) is 1.71. The van der Waals surface area contributed by atoms with Gasteiger partial charge in [-0.05, 0) is 38.1 Å². The molecule has 1 aromatic heterocycles. The number of carboxylic acid groups (broad SMARTS) is 1. The molecule has 0 amide bonds. The molecule has 0 radical (unpaired) electrons. The molecule has 2 aromatic rings. The van der Waals surface area contributed by atoms with Crippen LogP contribution in [0.15, 0.2) is 24.3 Å². The van der Waals surface area contributed by atoms with Gasteiger partial charge in [0.2, 0.25) is 0 Å². The van der Waals surface area contributed by atoms with Crippen molar-refractivity contribution < 1.29 is 15.0 Å². The van der Waals surface area contributed by atoms with E-state index in [4.69, 9.17) is 5.11 Å². The fourth-order valence-corrected chi connectivity index (χ4v) is 1.71. The predicted octanol–water partition coefficient (Wildman–Crippen LogP) is 1.89. The highest BCUT2D eigenvalue weighted by Crippen LogP contribution is 2.24. The molecule has 0 saturated heterocycles. The molecule has 0 aliphatic heterocycles. The lowest BCUT2D eigenvalue weighted by Gasteiger charge is -2.07. The molecule has 88 valence electrons. The molecule has 1 aromatic carbocycles. The number of rotatable bonds is 2. The van der Waals surface area contributed by atoms with Gasteiger partial charge in [-0.3, -0.25) is 0 Å². The van der Waals surface area contributed by atoms with E-state index in [9.17, 15) is 9.90 Å². The second-order valence-corrected chi connectivity index (χ2v) is 3.85. The van der Waals surface area contributed by atoms with Crippen molar-refractivity contribution in [2.24, 2.45) is 0 Å². The topological polar surface area (TPSA) is 75.4 Å². The van der Waals surface area contributed by atoms with Crippen LogP contribution in [0.3, 0.4) is 0 Å². The first-order valence-electron chi connectivity index (χ1n) is 5.09. The minimum Gasteiger partial charge on any atom is -0.506 e. The van der Waals surface area contributed by atoms with Crippen LogP contribution in [0.4, 0.5) is 0 Å². The maximum atomic E-state index is 10.7. The fraction of sp³-hybridized carbons (Fsp3) is 0.167. The van der Waals surface area contributed by atoms with Crippen molar-refractivity contribution in [3.8, 4) is 11.4 Å². The Morgan fingerprint density at radius 3 is 2.47 bits per heavy atom. The summed E-state index contributed by atoms with van der Waals surface area (Å²) in [4.78, 5) is 10.7. The lowest BCUT2D eigenvalue weighted by molar-refractivity contribution is 0.0696. The summed E-state index contributed by atoms with van der Waals surface area (Å²) in [5, 5.41) is 22.8. The standard InChI is InChI=1S/C12H12N2O3/c1-7-5-8(2)14(13-7)10-4-3-9(12(16)17)6-11(10)15/h3-6,15H,1-2H3,(H,16,17). The van der Waals surface area contributed by atoms with Gasteiger partial charge in [0.15, 0.2) is 0 Å². The van der Waals surface area contributed by atoms with Gasteiger partial charge in [0.1, 0.15) is 11.4 Å². The number of phenols is 1. The van der Waals surface area contributed by atoms with Crippen LogP contribution >= 0.6 is 0 Å². The van der Waals surface area contributed by atoms with Crippen LogP contribution < -0.4 is 0 Å².